The van der Waals surface area contributed by atoms with Crippen molar-refractivity contribution in [2.24, 2.45) is 4.99 Å². The Morgan fingerprint density at radius 3 is 2.51 bits per heavy atom. The van der Waals surface area contributed by atoms with Gasteiger partial charge >= 0.3 is 5.97 Å². The van der Waals surface area contributed by atoms with Crippen molar-refractivity contribution in [1.82, 2.24) is 4.57 Å². The first-order chi connectivity index (χ1) is 21.8. The first-order valence-corrected chi connectivity index (χ1v) is 16.4. The van der Waals surface area contributed by atoms with E-state index >= 15 is 0 Å². The van der Waals surface area contributed by atoms with Gasteiger partial charge in [0.2, 0.25) is 0 Å². The van der Waals surface area contributed by atoms with E-state index < -0.39 is 12.0 Å². The van der Waals surface area contributed by atoms with Gasteiger partial charge in [0.1, 0.15) is 18.4 Å². The zero-order valence-electron chi connectivity index (χ0n) is 25.3. The van der Waals surface area contributed by atoms with E-state index in [2.05, 4.69) is 15.9 Å². The van der Waals surface area contributed by atoms with Crippen LogP contribution in [0, 0.1) is 0 Å². The van der Waals surface area contributed by atoms with Crippen molar-refractivity contribution in [3.63, 3.8) is 0 Å². The number of benzene rings is 3. The molecule has 0 fully saturated rings. The lowest BCUT2D eigenvalue weighted by atomic mass is 9.93. The molecule has 0 amide bonds. The molecule has 11 heteroatoms. The highest BCUT2D eigenvalue weighted by atomic mass is 79.9. The highest BCUT2D eigenvalue weighted by Gasteiger charge is 2.36. The summed E-state index contributed by atoms with van der Waals surface area (Å²) in [6.07, 6.45) is 3.04. The molecule has 0 spiro atoms. The number of hydrogen-bond donors (Lipinski definition) is 0. The molecule has 4 aromatic rings. The average Bonchev–Trinajstić information content (AvgIpc) is 3.34. The molecule has 0 saturated heterocycles. The van der Waals surface area contributed by atoms with E-state index in [1.165, 1.54) is 23.0 Å². The molecule has 1 aliphatic heterocycles. The molecule has 1 aromatic heterocycles. The predicted octanol–water partition coefficient (Wildman–Crippen LogP) is 6.59. The lowest BCUT2D eigenvalue weighted by Crippen LogP contribution is -2.40. The smallest absolute Gasteiger partial charge is 0.338 e. The fraction of sp³-hybridized carbons (Fsp3) is 0.265. The predicted molar refractivity (Wildman–Crippen MR) is 179 cm³/mol. The van der Waals surface area contributed by atoms with Gasteiger partial charge in [0.25, 0.3) is 5.56 Å². The van der Waals surface area contributed by atoms with E-state index in [0.29, 0.717) is 71.5 Å². The third-order valence-electron chi connectivity index (χ3n) is 7.15. The quantitative estimate of drug-likeness (QED) is 0.163. The van der Waals surface area contributed by atoms with Crippen LogP contribution in [0.4, 0.5) is 0 Å². The van der Waals surface area contributed by atoms with Crippen LogP contribution in [0.15, 0.2) is 86.2 Å². The number of carbonyl (C=O) groups is 1. The molecule has 1 atom stereocenters. The van der Waals surface area contributed by atoms with Crippen molar-refractivity contribution in [1.29, 1.82) is 0 Å². The number of esters is 1. The Kier molecular flexibility index (Phi) is 10.5. The van der Waals surface area contributed by atoms with Crippen molar-refractivity contribution < 1.29 is 23.7 Å². The minimum atomic E-state index is -0.854. The van der Waals surface area contributed by atoms with Crippen LogP contribution in [0.2, 0.25) is 5.02 Å². The number of fused-ring (bicyclic) bond motifs is 1. The van der Waals surface area contributed by atoms with Gasteiger partial charge in [-0.2, -0.15) is 0 Å². The van der Waals surface area contributed by atoms with Crippen LogP contribution in [0.25, 0.3) is 6.08 Å². The highest BCUT2D eigenvalue weighted by Crippen LogP contribution is 2.39. The summed E-state index contributed by atoms with van der Waals surface area (Å²) in [5.41, 5.74) is 2.84. The van der Waals surface area contributed by atoms with Gasteiger partial charge in [-0.05, 0) is 76.8 Å². The molecule has 2 heterocycles. The minimum absolute atomic E-state index is 0.174. The topological polar surface area (TPSA) is 88.4 Å². The summed E-state index contributed by atoms with van der Waals surface area (Å²) in [6, 6.07) is 17.8. The third kappa shape index (κ3) is 6.88. The number of methoxy groups -OCH3 is 2. The average molecular weight is 712 g/mol. The van der Waals surface area contributed by atoms with E-state index in [1.54, 1.807) is 38.3 Å². The van der Waals surface area contributed by atoms with Crippen LogP contribution < -0.4 is 29.1 Å². The molecule has 1 aliphatic rings. The summed E-state index contributed by atoms with van der Waals surface area (Å²) in [5.74, 6) is 1.01. The molecule has 234 valence electrons. The van der Waals surface area contributed by atoms with Gasteiger partial charge in [-0.3, -0.25) is 9.36 Å². The molecule has 0 aliphatic carbocycles. The van der Waals surface area contributed by atoms with Gasteiger partial charge < -0.3 is 18.9 Å². The van der Waals surface area contributed by atoms with Crippen LogP contribution >= 0.6 is 38.9 Å². The van der Waals surface area contributed by atoms with E-state index in [1.807, 2.05) is 49.4 Å². The van der Waals surface area contributed by atoms with Crippen molar-refractivity contribution in [3.8, 4) is 17.2 Å². The second-order valence-corrected chi connectivity index (χ2v) is 12.4. The van der Waals surface area contributed by atoms with Crippen molar-refractivity contribution in [3.05, 3.63) is 118 Å². The summed E-state index contributed by atoms with van der Waals surface area (Å²) < 4.78 is 25.5. The van der Waals surface area contributed by atoms with Crippen LogP contribution in [-0.2, 0) is 16.1 Å². The van der Waals surface area contributed by atoms with Crippen LogP contribution in [0.1, 0.15) is 49.4 Å². The van der Waals surface area contributed by atoms with Gasteiger partial charge in [0, 0.05) is 10.6 Å². The molecular formula is C34H32BrClN2O6S. The number of nitrogens with zero attached hydrogens (tertiary/aromatic N) is 2. The molecule has 0 unspecified atom stereocenters. The van der Waals surface area contributed by atoms with E-state index in [0.717, 1.165) is 12.0 Å². The van der Waals surface area contributed by atoms with Crippen LogP contribution in [0.3, 0.4) is 0 Å². The van der Waals surface area contributed by atoms with E-state index in [4.69, 9.17) is 35.5 Å². The molecular weight excluding hydrogens is 680 g/mol. The maximum Gasteiger partial charge on any atom is 0.338 e. The first-order valence-electron chi connectivity index (χ1n) is 14.4. The van der Waals surface area contributed by atoms with Gasteiger partial charge in [0.15, 0.2) is 16.3 Å². The minimum Gasteiger partial charge on any atom is -0.496 e. The molecule has 5 rings (SSSR count). The number of halogens is 2. The fourth-order valence-electron chi connectivity index (χ4n) is 5.18. The second kappa shape index (κ2) is 14.5. The summed E-state index contributed by atoms with van der Waals surface area (Å²) in [7, 11) is 3.11. The standard InChI is InChI=1S/C34H32BrClN2O6S/c1-5-10-25-29(33(40)43-6-2)30(23-18-22(36)13-14-26(23)41-3)38-32(39)28(45-34(38)37-25)17-21-15-24(35)31(27(16-21)42-4)44-19-20-11-8-7-9-12-20/h7-9,11-18,30H,5-6,10,19H2,1-4H3/b28-17+/t30-/m0/s1. The number of aromatic nitrogens is 1. The Labute approximate surface area is 278 Å². The maximum atomic E-state index is 14.2. The Hall–Kier alpha value is -3.86. The van der Waals surface area contributed by atoms with Gasteiger partial charge in [-0.15, -0.1) is 0 Å². The second-order valence-electron chi connectivity index (χ2n) is 10.1. The Morgan fingerprint density at radius 2 is 1.82 bits per heavy atom. The SMILES string of the molecule is CCCC1=C(C(=O)OCC)[C@H](c2cc(Cl)ccc2OC)n2c(s/c(=C/c3cc(Br)c(OCc4ccccc4)c(OC)c3)c2=O)=N1. The third-order valence-corrected chi connectivity index (χ3v) is 8.96. The van der Waals surface area contributed by atoms with Gasteiger partial charge in [0.05, 0.1) is 41.1 Å². The number of ether oxygens (including phenoxy) is 4. The Morgan fingerprint density at radius 1 is 1.07 bits per heavy atom. The van der Waals surface area contributed by atoms with Gasteiger partial charge in [-0.25, -0.2) is 9.79 Å². The highest BCUT2D eigenvalue weighted by molar-refractivity contribution is 9.10. The number of hydrogen-bond acceptors (Lipinski definition) is 8. The lowest BCUT2D eigenvalue weighted by Gasteiger charge is -2.27. The maximum absolute atomic E-state index is 14.2. The number of allylic oxidation sites excluding steroid dienone is 1. The van der Waals surface area contributed by atoms with Crippen LogP contribution in [0.5, 0.6) is 17.2 Å². The number of thiazole rings is 1. The molecule has 0 bridgehead atoms. The monoisotopic (exact) mass is 710 g/mol. The summed E-state index contributed by atoms with van der Waals surface area (Å²) >= 11 is 11.3. The molecule has 45 heavy (non-hydrogen) atoms. The summed E-state index contributed by atoms with van der Waals surface area (Å²) in [5, 5.41) is 0.441. The van der Waals surface area contributed by atoms with Gasteiger partial charge in [-0.1, -0.05) is 66.6 Å². The molecule has 0 radical (unpaired) electrons. The Balaban J connectivity index is 1.66. The zero-order valence-corrected chi connectivity index (χ0v) is 28.4. The van der Waals surface area contributed by atoms with E-state index in [9.17, 15) is 9.59 Å². The molecule has 0 saturated carbocycles. The van der Waals surface area contributed by atoms with Crippen molar-refractivity contribution in [2.45, 2.75) is 39.3 Å². The molecule has 8 nitrogen and oxygen atoms in total. The van der Waals surface area contributed by atoms with Crippen molar-refractivity contribution >= 4 is 50.9 Å². The summed E-state index contributed by atoms with van der Waals surface area (Å²) in [4.78, 5) is 33.0. The van der Waals surface area contributed by atoms with E-state index in [-0.39, 0.29) is 12.2 Å². The largest absolute Gasteiger partial charge is 0.496 e. The molecule has 0 N–H and O–H groups in total. The lowest BCUT2D eigenvalue weighted by molar-refractivity contribution is -0.139. The Bertz CT molecular complexity index is 1940. The van der Waals surface area contributed by atoms with Crippen molar-refractivity contribution in [2.75, 3.05) is 20.8 Å². The number of carbonyl (C=O) groups excluding carboxylic acids is 1. The normalized spacial score (nSPS) is 14.5. The molecule has 3 aromatic carbocycles. The summed E-state index contributed by atoms with van der Waals surface area (Å²) in [6.45, 7) is 4.29. The number of rotatable bonds is 11. The first kappa shape index (κ1) is 32.5. The van der Waals surface area contributed by atoms with Crippen LogP contribution in [-0.4, -0.2) is 31.4 Å². The zero-order chi connectivity index (χ0) is 32.1. The fourth-order valence-corrected chi connectivity index (χ4v) is 6.95.